The Balaban J connectivity index is 1.94. The zero-order valence-electron chi connectivity index (χ0n) is 18.5. The number of hydrogen-bond donors (Lipinski definition) is 2. The highest BCUT2D eigenvalue weighted by Gasteiger charge is 2.20. The third-order valence-electron chi connectivity index (χ3n) is 4.50. The van der Waals surface area contributed by atoms with E-state index in [9.17, 15) is 9.59 Å². The fraction of sp³-hybridized carbons (Fsp3) is 0.417. The van der Waals surface area contributed by atoms with Crippen molar-refractivity contribution in [2.45, 2.75) is 46.5 Å². The molecule has 162 valence electrons. The van der Waals surface area contributed by atoms with Crippen molar-refractivity contribution in [2.75, 3.05) is 25.1 Å². The summed E-state index contributed by atoms with van der Waals surface area (Å²) < 4.78 is 11.2. The predicted octanol–water partition coefficient (Wildman–Crippen LogP) is 4.08. The Kier molecular flexibility index (Phi) is 8.27. The molecule has 0 atom stereocenters. The summed E-state index contributed by atoms with van der Waals surface area (Å²) in [5, 5.41) is 5.40. The van der Waals surface area contributed by atoms with Gasteiger partial charge in [-0.1, -0.05) is 45.0 Å². The Morgan fingerprint density at radius 3 is 2.23 bits per heavy atom. The smallest absolute Gasteiger partial charge is 0.313 e. The summed E-state index contributed by atoms with van der Waals surface area (Å²) in [6.07, 6.45) is 0.573. The van der Waals surface area contributed by atoms with Gasteiger partial charge in [0.25, 0.3) is 0 Å². The van der Waals surface area contributed by atoms with E-state index in [0.29, 0.717) is 43.4 Å². The van der Waals surface area contributed by atoms with Crippen LogP contribution in [0.15, 0.2) is 42.5 Å². The molecule has 0 aliphatic rings. The van der Waals surface area contributed by atoms with Crippen molar-refractivity contribution < 1.29 is 19.1 Å². The Labute approximate surface area is 179 Å². The van der Waals surface area contributed by atoms with Crippen molar-refractivity contribution >= 4 is 17.5 Å². The number of ether oxygens (including phenoxy) is 2. The summed E-state index contributed by atoms with van der Waals surface area (Å²) in [6, 6.07) is 13.2. The van der Waals surface area contributed by atoms with Crippen molar-refractivity contribution in [3.63, 3.8) is 0 Å². The molecule has 2 amide bonds. The van der Waals surface area contributed by atoms with Gasteiger partial charge in [0.1, 0.15) is 0 Å². The summed E-state index contributed by atoms with van der Waals surface area (Å²) >= 11 is 0. The van der Waals surface area contributed by atoms with Crippen LogP contribution in [0.2, 0.25) is 0 Å². The summed E-state index contributed by atoms with van der Waals surface area (Å²) in [5.41, 5.74) is 2.47. The molecule has 6 heteroatoms. The van der Waals surface area contributed by atoms with E-state index in [0.717, 1.165) is 11.1 Å². The van der Waals surface area contributed by atoms with Crippen LogP contribution in [0.1, 0.15) is 45.7 Å². The molecule has 30 heavy (non-hydrogen) atoms. The Hall–Kier alpha value is -3.02. The van der Waals surface area contributed by atoms with Crippen LogP contribution >= 0.6 is 0 Å². The summed E-state index contributed by atoms with van der Waals surface area (Å²) in [6.45, 7) is 11.5. The van der Waals surface area contributed by atoms with Gasteiger partial charge in [-0.3, -0.25) is 9.59 Å². The fourth-order valence-electron chi connectivity index (χ4n) is 3.08. The normalized spacial score (nSPS) is 11.0. The number of hydrogen-bond acceptors (Lipinski definition) is 4. The van der Waals surface area contributed by atoms with Crippen LogP contribution in [0.4, 0.5) is 5.69 Å². The standard InChI is InChI=1S/C24H32N2O4/c1-6-29-20-13-12-17(16-21(20)30-7-2)14-15-25-22(27)23(28)26-19-11-9-8-10-18(19)24(3,4)5/h8-13,16H,6-7,14-15H2,1-5H3,(H,25,27)(H,26,28). The largest absolute Gasteiger partial charge is 0.490 e. The van der Waals surface area contributed by atoms with Crippen molar-refractivity contribution in [2.24, 2.45) is 0 Å². The van der Waals surface area contributed by atoms with Gasteiger partial charge in [-0.25, -0.2) is 0 Å². The Bertz CT molecular complexity index is 872. The summed E-state index contributed by atoms with van der Waals surface area (Å²) in [5.74, 6) is 0.0480. The van der Waals surface area contributed by atoms with Crippen LogP contribution in [-0.4, -0.2) is 31.6 Å². The first kappa shape index (κ1) is 23.3. The average Bonchev–Trinajstić information content (AvgIpc) is 2.69. The summed E-state index contributed by atoms with van der Waals surface area (Å²) in [7, 11) is 0. The van der Waals surface area contributed by atoms with E-state index in [4.69, 9.17) is 9.47 Å². The molecule has 0 aliphatic carbocycles. The summed E-state index contributed by atoms with van der Waals surface area (Å²) in [4.78, 5) is 24.6. The quantitative estimate of drug-likeness (QED) is 0.641. The molecule has 0 aromatic heterocycles. The van der Waals surface area contributed by atoms with Gasteiger partial charge in [0.05, 0.1) is 13.2 Å². The molecule has 2 N–H and O–H groups in total. The number of carbonyl (C=O) groups excluding carboxylic acids is 2. The molecule has 0 fully saturated rings. The lowest BCUT2D eigenvalue weighted by atomic mass is 9.86. The molecular formula is C24H32N2O4. The predicted molar refractivity (Wildman–Crippen MR) is 119 cm³/mol. The Morgan fingerprint density at radius 1 is 0.900 bits per heavy atom. The van der Waals surface area contributed by atoms with E-state index in [1.54, 1.807) is 6.07 Å². The minimum atomic E-state index is -0.673. The lowest BCUT2D eigenvalue weighted by Crippen LogP contribution is -2.37. The Morgan fingerprint density at radius 2 is 1.57 bits per heavy atom. The molecule has 0 saturated heterocycles. The van der Waals surface area contributed by atoms with E-state index < -0.39 is 11.8 Å². The van der Waals surface area contributed by atoms with E-state index in [-0.39, 0.29) is 5.41 Å². The molecule has 2 aromatic carbocycles. The molecule has 0 heterocycles. The molecular weight excluding hydrogens is 380 g/mol. The minimum Gasteiger partial charge on any atom is -0.490 e. The van der Waals surface area contributed by atoms with Crippen LogP contribution in [0.3, 0.4) is 0 Å². The zero-order chi connectivity index (χ0) is 22.1. The zero-order valence-corrected chi connectivity index (χ0v) is 18.5. The molecule has 0 aliphatic heterocycles. The molecule has 0 spiro atoms. The maximum atomic E-state index is 12.3. The number of anilines is 1. The number of rotatable bonds is 8. The lowest BCUT2D eigenvalue weighted by molar-refractivity contribution is -0.136. The van der Waals surface area contributed by atoms with Gasteiger partial charge in [0.15, 0.2) is 11.5 Å². The first-order valence-electron chi connectivity index (χ1n) is 10.3. The van der Waals surface area contributed by atoms with Crippen molar-refractivity contribution in [3.8, 4) is 11.5 Å². The van der Waals surface area contributed by atoms with Crippen LogP contribution in [-0.2, 0) is 21.4 Å². The maximum Gasteiger partial charge on any atom is 0.313 e. The van der Waals surface area contributed by atoms with E-state index >= 15 is 0 Å². The van der Waals surface area contributed by atoms with Gasteiger partial charge < -0.3 is 20.1 Å². The van der Waals surface area contributed by atoms with Crippen molar-refractivity contribution in [1.29, 1.82) is 0 Å². The highest BCUT2D eigenvalue weighted by atomic mass is 16.5. The van der Waals surface area contributed by atoms with Gasteiger partial charge in [0, 0.05) is 12.2 Å². The molecule has 6 nitrogen and oxygen atoms in total. The van der Waals surface area contributed by atoms with Crippen LogP contribution in [0.25, 0.3) is 0 Å². The van der Waals surface area contributed by atoms with Gasteiger partial charge in [-0.05, 0) is 55.0 Å². The molecule has 2 aromatic rings. The lowest BCUT2D eigenvalue weighted by Gasteiger charge is -2.22. The van der Waals surface area contributed by atoms with Crippen molar-refractivity contribution in [3.05, 3.63) is 53.6 Å². The molecule has 0 radical (unpaired) electrons. The molecule has 0 bridgehead atoms. The fourth-order valence-corrected chi connectivity index (χ4v) is 3.08. The van der Waals surface area contributed by atoms with Gasteiger partial charge in [0.2, 0.25) is 0 Å². The topological polar surface area (TPSA) is 76.7 Å². The van der Waals surface area contributed by atoms with Gasteiger partial charge in [-0.15, -0.1) is 0 Å². The number of nitrogens with one attached hydrogen (secondary N) is 2. The number of carbonyl (C=O) groups is 2. The van der Waals surface area contributed by atoms with Gasteiger partial charge in [-0.2, -0.15) is 0 Å². The molecule has 2 rings (SSSR count). The van der Waals surface area contributed by atoms with Crippen LogP contribution in [0.5, 0.6) is 11.5 Å². The molecule has 0 saturated carbocycles. The van der Waals surface area contributed by atoms with Crippen LogP contribution < -0.4 is 20.1 Å². The van der Waals surface area contributed by atoms with Crippen LogP contribution in [0, 0.1) is 0 Å². The third-order valence-corrected chi connectivity index (χ3v) is 4.50. The SMILES string of the molecule is CCOc1ccc(CCNC(=O)C(=O)Nc2ccccc2C(C)(C)C)cc1OCC. The minimum absolute atomic E-state index is 0.147. The second-order valence-corrected chi connectivity index (χ2v) is 7.90. The number of benzene rings is 2. The van der Waals surface area contributed by atoms with Gasteiger partial charge >= 0.3 is 11.8 Å². The third kappa shape index (κ3) is 6.51. The van der Waals surface area contributed by atoms with E-state index in [1.165, 1.54) is 0 Å². The first-order valence-corrected chi connectivity index (χ1v) is 10.3. The van der Waals surface area contributed by atoms with Crippen molar-refractivity contribution in [1.82, 2.24) is 5.32 Å². The highest BCUT2D eigenvalue weighted by Crippen LogP contribution is 2.29. The van der Waals surface area contributed by atoms with E-state index in [2.05, 4.69) is 31.4 Å². The molecule has 0 unspecified atom stereocenters. The first-order chi connectivity index (χ1) is 14.3. The number of amides is 2. The monoisotopic (exact) mass is 412 g/mol. The average molecular weight is 413 g/mol. The highest BCUT2D eigenvalue weighted by molar-refractivity contribution is 6.39. The second-order valence-electron chi connectivity index (χ2n) is 7.90. The second kappa shape index (κ2) is 10.7. The number of para-hydroxylation sites is 1. The maximum absolute atomic E-state index is 12.3. The van der Waals surface area contributed by atoms with E-state index in [1.807, 2.05) is 50.2 Å².